The number of rotatable bonds is 5. The van der Waals surface area contributed by atoms with Gasteiger partial charge in [0.15, 0.2) is 0 Å². The highest BCUT2D eigenvalue weighted by molar-refractivity contribution is 6.04. The van der Waals surface area contributed by atoms with Crippen LogP contribution < -0.4 is 5.32 Å². The normalized spacial score (nSPS) is 11.1. The Kier molecular flexibility index (Phi) is 6.14. The lowest BCUT2D eigenvalue weighted by molar-refractivity contribution is 0.0767. The summed E-state index contributed by atoms with van der Waals surface area (Å²) < 4.78 is 0. The number of anilines is 1. The van der Waals surface area contributed by atoms with Crippen LogP contribution in [0, 0.1) is 0 Å². The number of hydrogen-bond donors (Lipinski definition) is 1. The van der Waals surface area contributed by atoms with Crippen LogP contribution in [0.1, 0.15) is 61.2 Å². The number of aromatic nitrogens is 1. The Balaban J connectivity index is 2.27. The highest BCUT2D eigenvalue weighted by atomic mass is 16.2. The summed E-state index contributed by atoms with van der Waals surface area (Å²) in [5, 5.41) is 2.93. The van der Waals surface area contributed by atoms with Crippen LogP contribution in [0.5, 0.6) is 0 Å². The maximum absolute atomic E-state index is 12.7. The molecule has 0 fully saturated rings. The van der Waals surface area contributed by atoms with Crippen molar-refractivity contribution in [3.05, 3.63) is 59.4 Å². The quantitative estimate of drug-likeness (QED) is 0.880. The Hall–Kier alpha value is -2.69. The second-order valence-corrected chi connectivity index (χ2v) is 7.14. The first-order valence-corrected chi connectivity index (χ1v) is 8.95. The van der Waals surface area contributed by atoms with Gasteiger partial charge < -0.3 is 10.2 Å². The number of nitrogens with zero attached hydrogens (tertiary/aromatic N) is 2. The van der Waals surface area contributed by atoms with E-state index in [9.17, 15) is 9.59 Å². The Morgan fingerprint density at radius 1 is 0.962 bits per heavy atom. The molecule has 0 aliphatic rings. The summed E-state index contributed by atoms with van der Waals surface area (Å²) in [4.78, 5) is 31.1. The number of hydrogen-bond acceptors (Lipinski definition) is 3. The van der Waals surface area contributed by atoms with Crippen LogP contribution in [0.25, 0.3) is 0 Å². The average molecular weight is 353 g/mol. The van der Waals surface area contributed by atoms with E-state index in [4.69, 9.17) is 0 Å². The van der Waals surface area contributed by atoms with Gasteiger partial charge in [-0.25, -0.2) is 4.98 Å². The van der Waals surface area contributed by atoms with Gasteiger partial charge in [0.1, 0.15) is 11.4 Å². The molecule has 1 aromatic carbocycles. The molecule has 0 atom stereocenters. The number of carbonyl (C=O) groups excluding carboxylic acids is 2. The maximum Gasteiger partial charge on any atom is 0.274 e. The topological polar surface area (TPSA) is 62.3 Å². The largest absolute Gasteiger partial charge is 0.338 e. The third-order valence-electron chi connectivity index (χ3n) is 4.23. The van der Waals surface area contributed by atoms with E-state index < -0.39 is 0 Å². The first-order chi connectivity index (χ1) is 12.3. The highest BCUT2D eigenvalue weighted by Gasteiger charge is 2.20. The second-order valence-electron chi connectivity index (χ2n) is 7.14. The second kappa shape index (κ2) is 8.13. The predicted octanol–water partition coefficient (Wildman–Crippen LogP) is 4.11. The molecular weight excluding hydrogens is 326 g/mol. The Morgan fingerprint density at radius 3 is 2.19 bits per heavy atom. The van der Waals surface area contributed by atoms with E-state index in [0.29, 0.717) is 13.1 Å². The zero-order valence-electron chi connectivity index (χ0n) is 16.2. The molecule has 0 aliphatic heterocycles. The van der Waals surface area contributed by atoms with Crippen LogP contribution in [0.3, 0.4) is 0 Å². The highest BCUT2D eigenvalue weighted by Crippen LogP contribution is 2.29. The number of para-hydroxylation sites is 1. The molecule has 2 rings (SSSR count). The van der Waals surface area contributed by atoms with E-state index in [1.54, 1.807) is 23.1 Å². The molecule has 0 saturated carbocycles. The fraction of sp³-hybridized carbons (Fsp3) is 0.381. The Morgan fingerprint density at radius 2 is 1.58 bits per heavy atom. The van der Waals surface area contributed by atoms with E-state index in [-0.39, 0.29) is 28.6 Å². The van der Waals surface area contributed by atoms with Crippen molar-refractivity contribution in [1.29, 1.82) is 0 Å². The van der Waals surface area contributed by atoms with Crippen molar-refractivity contribution < 1.29 is 9.59 Å². The minimum atomic E-state index is -0.323. The van der Waals surface area contributed by atoms with Gasteiger partial charge in [0.2, 0.25) is 0 Å². The standard InChI is InChI=1S/C21H27N3O2/c1-6-24(7-2)20(26)18-14-10-13-17(22-18)19(25)23-16-12-9-8-11-15(16)21(3,4)5/h8-14H,6-7H2,1-5H3,(H,23,25). The fourth-order valence-electron chi connectivity index (χ4n) is 2.79. The lowest BCUT2D eigenvalue weighted by atomic mass is 9.86. The van der Waals surface area contributed by atoms with E-state index in [1.165, 1.54) is 0 Å². The third-order valence-corrected chi connectivity index (χ3v) is 4.23. The molecule has 1 aromatic heterocycles. The van der Waals surface area contributed by atoms with Crippen LogP contribution in [-0.4, -0.2) is 34.8 Å². The molecule has 5 nitrogen and oxygen atoms in total. The molecule has 0 bridgehead atoms. The summed E-state index contributed by atoms with van der Waals surface area (Å²) >= 11 is 0. The van der Waals surface area contributed by atoms with Crippen molar-refractivity contribution in [2.75, 3.05) is 18.4 Å². The SMILES string of the molecule is CCN(CC)C(=O)c1cccc(C(=O)Nc2ccccc2C(C)(C)C)n1. The van der Waals surface area contributed by atoms with Gasteiger partial charge in [-0.2, -0.15) is 0 Å². The number of nitrogens with one attached hydrogen (secondary N) is 1. The number of carbonyl (C=O) groups is 2. The van der Waals surface area contributed by atoms with Gasteiger partial charge in [-0.1, -0.05) is 45.0 Å². The molecule has 26 heavy (non-hydrogen) atoms. The van der Waals surface area contributed by atoms with E-state index >= 15 is 0 Å². The lowest BCUT2D eigenvalue weighted by Crippen LogP contribution is -2.31. The van der Waals surface area contributed by atoms with Crippen molar-refractivity contribution in [1.82, 2.24) is 9.88 Å². The van der Waals surface area contributed by atoms with Gasteiger partial charge in [0.25, 0.3) is 11.8 Å². The monoisotopic (exact) mass is 353 g/mol. The van der Waals surface area contributed by atoms with Gasteiger partial charge >= 0.3 is 0 Å². The zero-order valence-corrected chi connectivity index (χ0v) is 16.2. The average Bonchev–Trinajstić information content (AvgIpc) is 2.62. The summed E-state index contributed by atoms with van der Waals surface area (Å²) in [7, 11) is 0. The van der Waals surface area contributed by atoms with Gasteiger partial charge in [-0.15, -0.1) is 0 Å². The maximum atomic E-state index is 12.7. The molecule has 0 saturated heterocycles. The van der Waals surface area contributed by atoms with Gasteiger partial charge in [-0.3, -0.25) is 9.59 Å². The molecule has 5 heteroatoms. The van der Waals surface area contributed by atoms with E-state index in [1.807, 2.05) is 38.1 Å². The zero-order chi connectivity index (χ0) is 19.3. The summed E-state index contributed by atoms with van der Waals surface area (Å²) in [6, 6.07) is 12.7. The van der Waals surface area contributed by atoms with Crippen molar-refractivity contribution in [3.8, 4) is 0 Å². The van der Waals surface area contributed by atoms with Crippen LogP contribution in [-0.2, 0) is 5.41 Å². The third kappa shape index (κ3) is 4.48. The Labute approximate surface area is 155 Å². The van der Waals surface area contributed by atoms with E-state index in [2.05, 4.69) is 31.1 Å². The Bertz CT molecular complexity index is 790. The molecule has 138 valence electrons. The number of amides is 2. The van der Waals surface area contributed by atoms with Gasteiger partial charge in [0, 0.05) is 18.8 Å². The summed E-state index contributed by atoms with van der Waals surface area (Å²) in [6.45, 7) is 11.3. The molecule has 2 aromatic rings. The van der Waals surface area contributed by atoms with Crippen LogP contribution in [0.4, 0.5) is 5.69 Å². The first-order valence-electron chi connectivity index (χ1n) is 8.95. The fourth-order valence-corrected chi connectivity index (χ4v) is 2.79. The van der Waals surface area contributed by atoms with Crippen molar-refractivity contribution in [2.24, 2.45) is 0 Å². The van der Waals surface area contributed by atoms with E-state index in [0.717, 1.165) is 11.3 Å². The van der Waals surface area contributed by atoms with Crippen LogP contribution in [0.2, 0.25) is 0 Å². The van der Waals surface area contributed by atoms with Crippen LogP contribution in [0.15, 0.2) is 42.5 Å². The first kappa shape index (κ1) is 19.6. The molecule has 1 heterocycles. The van der Waals surface area contributed by atoms with Gasteiger partial charge in [-0.05, 0) is 43.0 Å². The molecule has 2 amide bonds. The minimum Gasteiger partial charge on any atom is -0.338 e. The molecule has 0 aliphatic carbocycles. The summed E-state index contributed by atoms with van der Waals surface area (Å²) in [5.41, 5.74) is 2.21. The number of benzene rings is 1. The van der Waals surface area contributed by atoms with Crippen LogP contribution >= 0.6 is 0 Å². The smallest absolute Gasteiger partial charge is 0.274 e. The van der Waals surface area contributed by atoms with Gasteiger partial charge in [0.05, 0.1) is 0 Å². The minimum absolute atomic E-state index is 0.0993. The summed E-state index contributed by atoms with van der Waals surface area (Å²) in [6.07, 6.45) is 0. The predicted molar refractivity (Wildman–Crippen MR) is 105 cm³/mol. The number of pyridine rings is 1. The summed E-state index contributed by atoms with van der Waals surface area (Å²) in [5.74, 6) is -0.490. The molecule has 0 unspecified atom stereocenters. The molecule has 1 N–H and O–H groups in total. The molecule has 0 spiro atoms. The molecule has 0 radical (unpaired) electrons. The van der Waals surface area contributed by atoms with Crippen molar-refractivity contribution >= 4 is 17.5 Å². The lowest BCUT2D eigenvalue weighted by Gasteiger charge is -2.23. The van der Waals surface area contributed by atoms with Crippen molar-refractivity contribution in [3.63, 3.8) is 0 Å². The van der Waals surface area contributed by atoms with Crippen molar-refractivity contribution in [2.45, 2.75) is 40.0 Å². The molecular formula is C21H27N3O2.